The van der Waals surface area contributed by atoms with Crippen LogP contribution in [0.25, 0.3) is 89.0 Å². The zero-order valence-corrected chi connectivity index (χ0v) is 76.9. The van der Waals surface area contributed by atoms with Gasteiger partial charge in [-0.3, -0.25) is 0 Å². The van der Waals surface area contributed by atoms with Gasteiger partial charge in [0, 0.05) is 61.5 Å². The smallest absolute Gasteiger partial charge is 0.178 e. The predicted molar refractivity (Wildman–Crippen MR) is 559 cm³/mol. The highest BCUT2D eigenvalue weighted by Gasteiger charge is 2.52. The van der Waals surface area contributed by atoms with E-state index in [0.717, 1.165) is 102 Å². The quantitative estimate of drug-likeness (QED) is 0.115. The summed E-state index contributed by atoms with van der Waals surface area (Å²) in [5.41, 5.74) is 41.7. The fourth-order valence-electron chi connectivity index (χ4n) is 23.9. The molecule has 2 atom stereocenters. The van der Waals surface area contributed by atoms with Gasteiger partial charge in [0.15, 0.2) is 46.0 Å². The number of anilines is 6. The van der Waals surface area contributed by atoms with E-state index in [1.807, 2.05) is 48.5 Å². The molecule has 0 bridgehead atoms. The van der Waals surface area contributed by atoms with Crippen LogP contribution < -0.4 is 28.7 Å². The maximum Gasteiger partial charge on any atom is 0.178 e. The van der Waals surface area contributed by atoms with Crippen LogP contribution in [0.1, 0.15) is 119 Å². The van der Waals surface area contributed by atoms with E-state index in [9.17, 15) is 0 Å². The van der Waals surface area contributed by atoms with E-state index in [1.54, 1.807) is 0 Å². The molecular formula is C131H94N2O4. The summed E-state index contributed by atoms with van der Waals surface area (Å²) >= 11 is 0. The summed E-state index contributed by atoms with van der Waals surface area (Å²) in [6.45, 7) is 14.1. The molecule has 5 aliphatic carbocycles. The van der Waals surface area contributed by atoms with Gasteiger partial charge in [0.25, 0.3) is 0 Å². The Kier molecular flexibility index (Phi) is 18.4. The highest BCUT2D eigenvalue weighted by molar-refractivity contribution is 5.97. The van der Waals surface area contributed by atoms with Crippen molar-refractivity contribution in [2.75, 3.05) is 9.80 Å². The molecule has 0 saturated carbocycles. The van der Waals surface area contributed by atoms with Crippen LogP contribution in [0.4, 0.5) is 34.1 Å². The number of benzene rings is 20. The molecule has 2 aliphatic heterocycles. The fourth-order valence-corrected chi connectivity index (χ4v) is 23.9. The van der Waals surface area contributed by atoms with Crippen LogP contribution in [0.15, 0.2) is 461 Å². The van der Waals surface area contributed by atoms with Gasteiger partial charge in [-0.25, -0.2) is 0 Å². The number of ether oxygens (including phenoxy) is 4. The molecule has 0 amide bonds. The Morgan fingerprint density at radius 1 is 0.161 bits per heavy atom. The second-order valence-electron chi connectivity index (χ2n) is 38.8. The Hall–Kier alpha value is -16.8. The van der Waals surface area contributed by atoms with Crippen molar-refractivity contribution in [3.63, 3.8) is 0 Å². The van der Waals surface area contributed by atoms with Crippen LogP contribution >= 0.6 is 0 Å². The van der Waals surface area contributed by atoms with Crippen molar-refractivity contribution >= 4 is 34.1 Å². The van der Waals surface area contributed by atoms with Gasteiger partial charge in [-0.2, -0.15) is 0 Å². The summed E-state index contributed by atoms with van der Waals surface area (Å²) in [5, 5.41) is 0. The minimum atomic E-state index is -0.703. The monoisotopic (exact) mass is 1760 g/mol. The van der Waals surface area contributed by atoms with Crippen LogP contribution in [0.5, 0.6) is 46.0 Å². The van der Waals surface area contributed by atoms with E-state index in [1.165, 1.54) is 134 Å². The molecule has 7 aliphatic rings. The second kappa shape index (κ2) is 31.2. The number of hydrogen-bond acceptors (Lipinski definition) is 6. The molecule has 27 rings (SSSR count). The van der Waals surface area contributed by atoms with Crippen molar-refractivity contribution in [2.45, 2.75) is 68.6 Å². The zero-order chi connectivity index (χ0) is 91.6. The van der Waals surface area contributed by atoms with Gasteiger partial charge in [0.1, 0.15) is 0 Å². The van der Waals surface area contributed by atoms with Crippen LogP contribution in [-0.4, -0.2) is 0 Å². The summed E-state index contributed by atoms with van der Waals surface area (Å²) in [6, 6.07) is 168. The summed E-state index contributed by atoms with van der Waals surface area (Å²) in [6.07, 6.45) is 0. The molecule has 0 aromatic heterocycles. The Balaban J connectivity index is 0.000000142. The van der Waals surface area contributed by atoms with Crippen molar-refractivity contribution in [3.8, 4) is 135 Å². The molecule has 0 spiro atoms. The average Bonchev–Trinajstić information content (AvgIpc) is 1.52. The maximum absolute atomic E-state index is 6.91. The molecule has 0 saturated heterocycles. The van der Waals surface area contributed by atoms with Crippen LogP contribution in [0.2, 0.25) is 0 Å². The first-order valence-electron chi connectivity index (χ1n) is 47.6. The van der Waals surface area contributed by atoms with Gasteiger partial charge in [-0.15, -0.1) is 0 Å². The lowest BCUT2D eigenvalue weighted by molar-refractivity contribution is 0.360. The lowest BCUT2D eigenvalue weighted by Gasteiger charge is -2.36. The number of nitrogens with zero attached hydrogens (tertiary/aromatic N) is 2. The topological polar surface area (TPSA) is 43.4 Å². The maximum atomic E-state index is 6.91. The van der Waals surface area contributed by atoms with E-state index >= 15 is 0 Å². The molecule has 652 valence electrons. The van der Waals surface area contributed by atoms with Gasteiger partial charge in [0.2, 0.25) is 0 Å². The molecule has 6 nitrogen and oxygen atoms in total. The minimum absolute atomic E-state index is 0.0878. The van der Waals surface area contributed by atoms with Crippen molar-refractivity contribution in [2.24, 2.45) is 0 Å². The standard InChI is InChI=1S/C67H49NO2.C64H45NO2/c1-65(2)54-21-11-8-18-49(54)51-36-30-45(40-58(51)65)67(56-23-13-10-20-53(56)63-57(67)38-39-62-64(63)70-61-25-15-14-24-60(61)69-62)44-28-33-47(34-29-44)68(46-31-26-43(27-32-46)42-16-6-5-7-17-42)48-35-37-52-50-19-9-12-22-55(50)66(3,4)59(52)41-48;1-63(2)54-21-11-9-19-51(54)53-41-50(37-38-55(53)63)65(48-33-27-45(28-34-48)43-17-7-4-8-18-43)49-35-31-47(32-36-49)64(46-29-25-44(26-30-46)42-15-5-3-6-16-42)56-22-12-10-20-52(56)61-57(64)39-40-60-62(61)67-59-24-14-13-23-58(59)66-60/h5-41H,1-4H3;3-41H,1-2H3. The first-order chi connectivity index (χ1) is 67.2. The summed E-state index contributed by atoms with van der Waals surface area (Å²) < 4.78 is 26.9. The molecule has 20 aromatic rings. The first-order valence-corrected chi connectivity index (χ1v) is 47.6. The van der Waals surface area contributed by atoms with E-state index in [-0.39, 0.29) is 16.2 Å². The highest BCUT2D eigenvalue weighted by atomic mass is 16.6. The Labute approximate surface area is 799 Å². The average molecular weight is 1760 g/mol. The number of para-hydroxylation sites is 4. The third-order valence-corrected chi connectivity index (χ3v) is 30.5. The SMILES string of the molecule is CC1(C)c2ccccc2-c2cc(N(c3ccc(-c4ccccc4)cc3)c3ccc(C4(c5ccc(-c6ccccc6)cc5)c5ccccc5-c5c4ccc4c5Oc5ccccc5O4)cc3)ccc21.CC1(C)c2ccccc2-c2ccc(N(c3ccc(-c4ccccc4)cc3)c3ccc(C4(c5ccc6c(c5)C(C)(C)c5ccccc5-6)c5ccccc5-c5c4ccc4c5Oc5ccccc5O4)cc3)cc21. The fraction of sp³-hybridized carbons (Fsp3) is 0.0840. The number of hydrogen-bond donors (Lipinski definition) is 0. The third-order valence-electron chi connectivity index (χ3n) is 30.5. The molecule has 137 heavy (non-hydrogen) atoms. The molecule has 6 heteroatoms. The molecule has 0 radical (unpaired) electrons. The Morgan fingerprint density at radius 2 is 0.423 bits per heavy atom. The lowest BCUT2D eigenvalue weighted by Crippen LogP contribution is -2.29. The van der Waals surface area contributed by atoms with Crippen molar-refractivity contribution < 1.29 is 18.9 Å². The summed E-state index contributed by atoms with van der Waals surface area (Å²) in [5.74, 6) is 5.80. The second-order valence-corrected chi connectivity index (χ2v) is 38.8. The molecule has 0 fully saturated rings. The lowest BCUT2D eigenvalue weighted by atomic mass is 9.66. The van der Waals surface area contributed by atoms with Crippen LogP contribution in [0, 0.1) is 0 Å². The first kappa shape index (κ1) is 81.0. The molecule has 2 heterocycles. The zero-order valence-electron chi connectivity index (χ0n) is 76.9. The van der Waals surface area contributed by atoms with Gasteiger partial charge in [-0.05, 0) is 265 Å². The van der Waals surface area contributed by atoms with Gasteiger partial charge >= 0.3 is 0 Å². The molecular weight excluding hydrogens is 1670 g/mol. The Bertz CT molecular complexity index is 8270. The van der Waals surface area contributed by atoms with Crippen LogP contribution in [0.3, 0.4) is 0 Å². The highest BCUT2D eigenvalue weighted by Crippen LogP contribution is 2.67. The summed E-state index contributed by atoms with van der Waals surface area (Å²) in [7, 11) is 0. The molecule has 2 unspecified atom stereocenters. The predicted octanol–water partition coefficient (Wildman–Crippen LogP) is 34.8. The van der Waals surface area contributed by atoms with E-state index in [4.69, 9.17) is 18.9 Å². The number of fused-ring (bicyclic) bond motifs is 21. The van der Waals surface area contributed by atoms with Crippen LogP contribution in [-0.2, 0) is 27.1 Å². The minimum Gasteiger partial charge on any atom is -0.449 e. The van der Waals surface area contributed by atoms with Crippen molar-refractivity contribution in [3.05, 3.63) is 539 Å². The number of rotatable bonds is 13. The van der Waals surface area contributed by atoms with Crippen molar-refractivity contribution in [1.82, 2.24) is 0 Å². The largest absolute Gasteiger partial charge is 0.449 e. The molecule has 0 N–H and O–H groups in total. The van der Waals surface area contributed by atoms with E-state index < -0.39 is 10.8 Å². The normalized spacial score (nSPS) is 16.0. The van der Waals surface area contributed by atoms with E-state index in [2.05, 4.69) is 464 Å². The van der Waals surface area contributed by atoms with Gasteiger partial charge < -0.3 is 28.7 Å². The van der Waals surface area contributed by atoms with Crippen molar-refractivity contribution in [1.29, 1.82) is 0 Å². The van der Waals surface area contributed by atoms with Gasteiger partial charge in [0.05, 0.1) is 10.8 Å². The van der Waals surface area contributed by atoms with E-state index in [0.29, 0.717) is 11.5 Å². The van der Waals surface area contributed by atoms with Gasteiger partial charge in [-0.1, -0.05) is 393 Å². The molecule has 20 aromatic carbocycles. The Morgan fingerprint density at radius 3 is 0.847 bits per heavy atom. The third kappa shape index (κ3) is 12.4. The summed E-state index contributed by atoms with van der Waals surface area (Å²) in [4.78, 5) is 4.83.